The third kappa shape index (κ3) is 1.66. The van der Waals surface area contributed by atoms with E-state index < -0.39 is 5.60 Å². The van der Waals surface area contributed by atoms with Crippen LogP contribution in [0.2, 0.25) is 0 Å². The molecule has 1 aromatic rings. The molecule has 3 aliphatic rings. The predicted octanol–water partition coefficient (Wildman–Crippen LogP) is 3.61. The van der Waals surface area contributed by atoms with Gasteiger partial charge in [-0.15, -0.1) is 6.42 Å². The predicted molar refractivity (Wildman–Crippen MR) is 86.5 cm³/mol. The zero-order valence-electron chi connectivity index (χ0n) is 16.9. The largest absolute Gasteiger partial charge is 0.508 e. The molecule has 0 aromatic heterocycles. The molecule has 5 atom stereocenters. The van der Waals surface area contributed by atoms with Crippen LogP contribution in [0.15, 0.2) is 18.1 Å². The maximum Gasteiger partial charge on any atom is 0.293 e. The topological polar surface area (TPSA) is 40.5 Å². The minimum Gasteiger partial charge on any atom is -0.508 e. The van der Waals surface area contributed by atoms with E-state index in [1.807, 2.05) is 0 Å². The lowest BCUT2D eigenvalue weighted by Gasteiger charge is -2.52. The highest BCUT2D eigenvalue weighted by Crippen LogP contribution is 2.64. The van der Waals surface area contributed by atoms with Gasteiger partial charge in [-0.05, 0) is 79.5 Å². The molecular formula is C20H24O2. The van der Waals surface area contributed by atoms with E-state index in [1.165, 1.54) is 0 Å². The van der Waals surface area contributed by atoms with Crippen LogP contribution in [0.3, 0.4) is 0 Å². The van der Waals surface area contributed by atoms with Crippen molar-refractivity contribution in [2.75, 3.05) is 0 Å². The summed E-state index contributed by atoms with van der Waals surface area (Å²) in [5.41, 5.74) is 0.204. The van der Waals surface area contributed by atoms with Crippen LogP contribution in [0.1, 0.15) is 60.2 Å². The van der Waals surface area contributed by atoms with Crippen molar-refractivity contribution in [2.45, 2.75) is 57.0 Å². The third-order valence-electron chi connectivity index (χ3n) is 6.83. The van der Waals surface area contributed by atoms with E-state index in [0.717, 1.165) is 36.8 Å². The lowest BCUT2D eigenvalue weighted by Crippen LogP contribution is -2.50. The van der Waals surface area contributed by atoms with Gasteiger partial charge in [0, 0.05) is 5.41 Å². The van der Waals surface area contributed by atoms with E-state index in [4.69, 9.17) is 12.0 Å². The van der Waals surface area contributed by atoms with Crippen molar-refractivity contribution < 1.29 is 14.3 Å². The molecule has 0 saturated heterocycles. The number of rotatable bonds is 1. The molecule has 2 fully saturated rings. The first-order valence-corrected chi connectivity index (χ1v) is 8.25. The van der Waals surface area contributed by atoms with Gasteiger partial charge in [0.25, 0.3) is 1.43 Å². The van der Waals surface area contributed by atoms with Crippen molar-refractivity contribution >= 4 is 0 Å². The Kier molecular flexibility index (Phi) is 2.13. The Balaban J connectivity index is 1.80. The molecule has 2 heteroatoms. The van der Waals surface area contributed by atoms with Gasteiger partial charge in [-0.25, -0.2) is 0 Å². The summed E-state index contributed by atoms with van der Waals surface area (Å²) in [5, 5.41) is 15.5. The van der Waals surface area contributed by atoms with Crippen LogP contribution >= 0.6 is 0 Å². The summed E-state index contributed by atoms with van der Waals surface area (Å²) in [6, 6.07) is 0.0281. The fourth-order valence-electron chi connectivity index (χ4n) is 5.56. The second-order valence-electron chi connectivity index (χ2n) is 7.51. The quantitative estimate of drug-likeness (QED) is 0.778. The highest BCUT2D eigenvalue weighted by atomic mass is 16.3. The van der Waals surface area contributed by atoms with Gasteiger partial charge < -0.3 is 10.2 Å². The molecule has 0 bridgehead atoms. The van der Waals surface area contributed by atoms with Crippen molar-refractivity contribution in [3.05, 3.63) is 29.3 Å². The number of benzene rings is 1. The SMILES string of the molecule is [2H]Oc1c([2H])c([2H])c2c(c1[2H])CC[C@@H]1[C@@H]2CC[C@@]2(C)[C@H]1CC[C@@]2(O)C#C. The maximum atomic E-state index is 11.0. The first-order valence-electron chi connectivity index (χ1n) is 10.2. The van der Waals surface area contributed by atoms with Gasteiger partial charge in [-0.2, -0.15) is 0 Å². The third-order valence-corrected chi connectivity index (χ3v) is 6.83. The summed E-state index contributed by atoms with van der Waals surface area (Å²) >= 11 is 0. The highest BCUT2D eigenvalue weighted by molar-refractivity contribution is 5.40. The second kappa shape index (κ2) is 4.52. The standard InChI is InChI=1S/C20H24O2/c1-3-20(22)11-9-18-17-6-4-13-12-14(21)5-7-15(13)16(17)8-10-19(18,20)2/h1,5,7,12,16-18,21-22H,4,6,8-11H2,2H3/t16-,17-,18+,19+,20+/m1/s1/i5D,7D,12D/hD. The number of phenolic OH excluding ortho intramolecular Hbond substituents is 1. The Bertz CT molecular complexity index is 817. The van der Waals surface area contributed by atoms with Crippen LogP contribution in [-0.4, -0.2) is 17.2 Å². The Morgan fingerprint density at radius 3 is 3.00 bits per heavy atom. The van der Waals surface area contributed by atoms with Crippen molar-refractivity contribution in [1.29, 1.82) is 1.43 Å². The van der Waals surface area contributed by atoms with Crippen molar-refractivity contribution in [1.82, 2.24) is 0 Å². The van der Waals surface area contributed by atoms with Gasteiger partial charge in [0.2, 0.25) is 0 Å². The van der Waals surface area contributed by atoms with E-state index in [0.29, 0.717) is 24.7 Å². The molecule has 3 aliphatic carbocycles. The monoisotopic (exact) mass is 300 g/mol. The molecule has 116 valence electrons. The number of hydrogen-bond donors (Lipinski definition) is 2. The molecule has 0 heterocycles. The van der Waals surface area contributed by atoms with Crippen LogP contribution in [0, 0.1) is 29.6 Å². The molecule has 0 radical (unpaired) electrons. The summed E-state index contributed by atoms with van der Waals surface area (Å²) < 4.78 is 32.1. The van der Waals surface area contributed by atoms with Crippen LogP contribution < -0.4 is 0 Å². The molecule has 2 nitrogen and oxygen atoms in total. The molecule has 0 unspecified atom stereocenters. The second-order valence-corrected chi connectivity index (χ2v) is 7.51. The van der Waals surface area contributed by atoms with Crippen LogP contribution in [0.5, 0.6) is 5.75 Å². The molecular weight excluding hydrogens is 272 g/mol. The molecule has 2 N–H and O–H groups in total. The Morgan fingerprint density at radius 2 is 2.23 bits per heavy atom. The summed E-state index contributed by atoms with van der Waals surface area (Å²) in [6.07, 6.45) is 10.3. The van der Waals surface area contributed by atoms with Gasteiger partial charge in [0.1, 0.15) is 11.4 Å². The average molecular weight is 300 g/mol. The van der Waals surface area contributed by atoms with E-state index in [9.17, 15) is 5.11 Å². The summed E-state index contributed by atoms with van der Waals surface area (Å²) in [5.74, 6) is 3.28. The smallest absolute Gasteiger partial charge is 0.293 e. The van der Waals surface area contributed by atoms with Crippen LogP contribution in [-0.2, 0) is 6.42 Å². The molecule has 4 rings (SSSR count). The minimum atomic E-state index is -1.06. The highest BCUT2D eigenvalue weighted by Gasteiger charge is 2.61. The maximum absolute atomic E-state index is 11.0. The van der Waals surface area contributed by atoms with E-state index >= 15 is 0 Å². The van der Waals surface area contributed by atoms with Crippen LogP contribution in [0.4, 0.5) is 0 Å². The average Bonchev–Trinajstić information content (AvgIpc) is 2.91. The number of fused-ring (bicyclic) bond motifs is 5. The summed E-state index contributed by atoms with van der Waals surface area (Å²) in [7, 11) is 0. The zero-order chi connectivity index (χ0) is 18.9. The van der Waals surface area contributed by atoms with E-state index in [2.05, 4.69) is 18.0 Å². The fourth-order valence-corrected chi connectivity index (χ4v) is 5.56. The van der Waals surface area contributed by atoms with Gasteiger partial charge in [0.05, 0.1) is 4.11 Å². The number of terminal acetylenes is 1. The van der Waals surface area contributed by atoms with Gasteiger partial charge in [-0.3, -0.25) is 0 Å². The Morgan fingerprint density at radius 1 is 1.36 bits per heavy atom. The van der Waals surface area contributed by atoms with Gasteiger partial charge in [-0.1, -0.05) is 18.9 Å². The lowest BCUT2D eigenvalue weighted by molar-refractivity contribution is -0.0646. The van der Waals surface area contributed by atoms with Crippen molar-refractivity contribution in [3.8, 4) is 18.1 Å². The van der Waals surface area contributed by atoms with E-state index in [1.54, 1.807) is 0 Å². The van der Waals surface area contributed by atoms with E-state index in [-0.39, 0.29) is 35.2 Å². The fraction of sp³-hybridized carbons (Fsp3) is 0.600. The Hall–Kier alpha value is -1.46. The Labute approximate surface area is 138 Å². The molecule has 1 aromatic carbocycles. The first-order chi connectivity index (χ1) is 12.3. The number of aromatic hydroxyl groups is 1. The number of hydrogen-bond acceptors (Lipinski definition) is 2. The molecule has 2 saturated carbocycles. The lowest BCUT2D eigenvalue weighted by atomic mass is 9.53. The minimum absolute atomic E-state index is 0.0920. The number of phenols is 1. The van der Waals surface area contributed by atoms with Gasteiger partial charge >= 0.3 is 0 Å². The molecule has 0 spiro atoms. The van der Waals surface area contributed by atoms with Crippen LogP contribution in [0.25, 0.3) is 0 Å². The van der Waals surface area contributed by atoms with Crippen molar-refractivity contribution in [2.24, 2.45) is 17.3 Å². The van der Waals surface area contributed by atoms with Gasteiger partial charge in [0.15, 0.2) is 0 Å². The van der Waals surface area contributed by atoms with Crippen molar-refractivity contribution in [3.63, 3.8) is 0 Å². The summed E-state index contributed by atoms with van der Waals surface area (Å²) in [4.78, 5) is 0. The first kappa shape index (κ1) is 10.3. The molecule has 0 amide bonds. The molecule has 0 aliphatic heterocycles. The normalized spacial score (nSPS) is 45.2. The number of aliphatic hydroxyl groups is 1. The summed E-state index contributed by atoms with van der Waals surface area (Å²) in [6.45, 7) is 2.11. The zero-order valence-corrected chi connectivity index (χ0v) is 12.9. The molecule has 22 heavy (non-hydrogen) atoms.